The summed E-state index contributed by atoms with van der Waals surface area (Å²) in [6.07, 6.45) is 2.15. The molecule has 0 fully saturated rings. The van der Waals surface area contributed by atoms with Crippen LogP contribution < -0.4 is 4.90 Å². The van der Waals surface area contributed by atoms with Crippen molar-refractivity contribution >= 4 is 17.3 Å². The minimum atomic E-state index is -0.884. The second-order valence-electron chi connectivity index (χ2n) is 5.24. The van der Waals surface area contributed by atoms with Crippen LogP contribution in [0.2, 0.25) is 0 Å². The summed E-state index contributed by atoms with van der Waals surface area (Å²) >= 11 is 0. The Morgan fingerprint density at radius 2 is 2.00 bits per heavy atom. The van der Waals surface area contributed by atoms with Crippen molar-refractivity contribution in [2.45, 2.75) is 25.8 Å². The Kier molecular flexibility index (Phi) is 3.18. The Labute approximate surface area is 118 Å². The fourth-order valence-corrected chi connectivity index (χ4v) is 2.87. The molecule has 1 N–H and O–H groups in total. The lowest BCUT2D eigenvalue weighted by Crippen LogP contribution is -2.33. The molecule has 3 rings (SSSR count). The summed E-state index contributed by atoms with van der Waals surface area (Å²) in [5.41, 5.74) is 3.79. The minimum absolute atomic E-state index is 0.331. The van der Waals surface area contributed by atoms with Gasteiger partial charge in [-0.3, -0.25) is 0 Å². The molecular weight excluding hydrogens is 250 g/mol. The van der Waals surface area contributed by atoms with Crippen LogP contribution in [0, 0.1) is 0 Å². The van der Waals surface area contributed by atoms with E-state index in [1.54, 1.807) is 12.1 Å². The monoisotopic (exact) mass is 267 g/mol. The maximum absolute atomic E-state index is 11.1. The van der Waals surface area contributed by atoms with E-state index < -0.39 is 5.97 Å². The topological polar surface area (TPSA) is 40.5 Å². The summed E-state index contributed by atoms with van der Waals surface area (Å²) in [6, 6.07) is 15.9. The van der Waals surface area contributed by atoms with Gasteiger partial charge < -0.3 is 10.0 Å². The molecular formula is C17H17NO2. The molecule has 20 heavy (non-hydrogen) atoms. The number of carboxylic acids is 1. The molecule has 0 amide bonds. The molecule has 1 aliphatic heterocycles. The van der Waals surface area contributed by atoms with E-state index in [9.17, 15) is 4.79 Å². The Morgan fingerprint density at radius 1 is 1.20 bits per heavy atom. The van der Waals surface area contributed by atoms with Gasteiger partial charge in [-0.25, -0.2) is 4.79 Å². The second-order valence-corrected chi connectivity index (χ2v) is 5.24. The first-order chi connectivity index (χ1) is 9.66. The van der Waals surface area contributed by atoms with Gasteiger partial charge in [0.2, 0.25) is 0 Å². The lowest BCUT2D eigenvalue weighted by molar-refractivity contribution is 0.0697. The summed E-state index contributed by atoms with van der Waals surface area (Å²) in [6.45, 7) is 2.18. The van der Waals surface area contributed by atoms with E-state index in [0.717, 1.165) is 18.5 Å². The average molecular weight is 267 g/mol. The first-order valence-electron chi connectivity index (χ1n) is 6.87. The van der Waals surface area contributed by atoms with E-state index in [1.807, 2.05) is 18.2 Å². The minimum Gasteiger partial charge on any atom is -0.478 e. The Bertz CT molecular complexity index is 651. The van der Waals surface area contributed by atoms with Crippen molar-refractivity contribution in [1.82, 2.24) is 0 Å². The quantitative estimate of drug-likeness (QED) is 0.898. The van der Waals surface area contributed by atoms with Crippen LogP contribution in [0.1, 0.15) is 29.3 Å². The zero-order valence-corrected chi connectivity index (χ0v) is 11.4. The Hall–Kier alpha value is -2.29. The third-order valence-electron chi connectivity index (χ3n) is 3.89. The van der Waals surface area contributed by atoms with Crippen molar-refractivity contribution in [1.29, 1.82) is 0 Å². The lowest BCUT2D eigenvalue weighted by Gasteiger charge is -2.37. The Morgan fingerprint density at radius 3 is 2.80 bits per heavy atom. The molecule has 0 saturated carbocycles. The van der Waals surface area contributed by atoms with Crippen LogP contribution in [0.3, 0.4) is 0 Å². The average Bonchev–Trinajstić information content (AvgIpc) is 2.47. The van der Waals surface area contributed by atoms with Crippen molar-refractivity contribution < 1.29 is 9.90 Å². The smallest absolute Gasteiger partial charge is 0.335 e. The van der Waals surface area contributed by atoms with E-state index in [4.69, 9.17) is 5.11 Å². The van der Waals surface area contributed by atoms with Crippen LogP contribution in [0.25, 0.3) is 0 Å². The predicted molar refractivity (Wildman–Crippen MR) is 79.8 cm³/mol. The van der Waals surface area contributed by atoms with Crippen molar-refractivity contribution in [2.24, 2.45) is 0 Å². The number of fused-ring (bicyclic) bond motifs is 1. The van der Waals surface area contributed by atoms with Gasteiger partial charge in [0.25, 0.3) is 0 Å². The highest BCUT2D eigenvalue weighted by atomic mass is 16.4. The number of carbonyl (C=O) groups is 1. The van der Waals surface area contributed by atoms with Crippen molar-refractivity contribution in [3.63, 3.8) is 0 Å². The highest BCUT2D eigenvalue weighted by Crippen LogP contribution is 2.36. The predicted octanol–water partition coefficient (Wildman–Crippen LogP) is 3.86. The van der Waals surface area contributed by atoms with Crippen molar-refractivity contribution in [3.8, 4) is 0 Å². The fraction of sp³-hybridized carbons (Fsp3) is 0.235. The van der Waals surface area contributed by atoms with Crippen LogP contribution in [0.4, 0.5) is 11.4 Å². The number of anilines is 2. The molecule has 3 nitrogen and oxygen atoms in total. The molecule has 3 heteroatoms. The summed E-state index contributed by atoms with van der Waals surface area (Å²) in [4.78, 5) is 13.4. The Balaban J connectivity index is 2.09. The van der Waals surface area contributed by atoms with E-state index in [1.165, 1.54) is 11.3 Å². The molecule has 0 aromatic heterocycles. The molecule has 1 heterocycles. The number of benzene rings is 2. The second kappa shape index (κ2) is 5.00. The maximum atomic E-state index is 11.1. The van der Waals surface area contributed by atoms with E-state index >= 15 is 0 Å². The van der Waals surface area contributed by atoms with Crippen LogP contribution in [0.5, 0.6) is 0 Å². The molecule has 0 aliphatic carbocycles. The largest absolute Gasteiger partial charge is 0.478 e. The summed E-state index contributed by atoms with van der Waals surface area (Å²) in [7, 11) is 0. The van der Waals surface area contributed by atoms with Crippen LogP contribution in [0.15, 0.2) is 48.5 Å². The number of aromatic carboxylic acids is 1. The van der Waals surface area contributed by atoms with Gasteiger partial charge >= 0.3 is 5.97 Å². The molecule has 0 radical (unpaired) electrons. The van der Waals surface area contributed by atoms with Crippen LogP contribution in [-0.4, -0.2) is 17.1 Å². The molecule has 0 bridgehead atoms. The summed E-state index contributed by atoms with van der Waals surface area (Å²) in [5.74, 6) is -0.884. The van der Waals surface area contributed by atoms with Gasteiger partial charge in [-0.2, -0.15) is 0 Å². The molecule has 2 aromatic carbocycles. The molecule has 0 spiro atoms. The van der Waals surface area contributed by atoms with E-state index in [-0.39, 0.29) is 0 Å². The normalized spacial score (nSPS) is 17.6. The summed E-state index contributed by atoms with van der Waals surface area (Å²) < 4.78 is 0. The van der Waals surface area contributed by atoms with E-state index in [2.05, 4.69) is 30.0 Å². The van der Waals surface area contributed by atoms with Gasteiger partial charge in [0.05, 0.1) is 5.56 Å². The zero-order valence-electron chi connectivity index (χ0n) is 11.4. The summed E-state index contributed by atoms with van der Waals surface area (Å²) in [5, 5.41) is 9.15. The fourth-order valence-electron chi connectivity index (χ4n) is 2.87. The molecule has 1 atom stereocenters. The highest BCUT2D eigenvalue weighted by molar-refractivity contribution is 5.89. The van der Waals surface area contributed by atoms with Crippen molar-refractivity contribution in [2.75, 3.05) is 4.90 Å². The van der Waals surface area contributed by atoms with Gasteiger partial charge in [0.15, 0.2) is 0 Å². The lowest BCUT2D eigenvalue weighted by atomic mass is 9.95. The number of carboxylic acid groups (broad SMARTS) is 1. The van der Waals surface area contributed by atoms with Gasteiger partial charge in [-0.05, 0) is 49.6 Å². The number of nitrogens with zero attached hydrogens (tertiary/aromatic N) is 1. The maximum Gasteiger partial charge on any atom is 0.335 e. The third-order valence-corrected chi connectivity index (χ3v) is 3.89. The third kappa shape index (κ3) is 2.16. The standard InChI is InChI=1S/C17H17NO2/c1-12-9-10-13-5-2-3-8-16(13)18(12)15-7-4-6-14(11-15)17(19)20/h2-8,11-12H,9-10H2,1H3,(H,19,20). The first-order valence-corrected chi connectivity index (χ1v) is 6.87. The molecule has 2 aromatic rings. The van der Waals surface area contributed by atoms with Crippen LogP contribution in [-0.2, 0) is 6.42 Å². The number of hydrogen-bond donors (Lipinski definition) is 1. The highest BCUT2D eigenvalue weighted by Gasteiger charge is 2.24. The van der Waals surface area contributed by atoms with Gasteiger partial charge in [0, 0.05) is 17.4 Å². The molecule has 1 aliphatic rings. The van der Waals surface area contributed by atoms with Gasteiger partial charge in [0.1, 0.15) is 0 Å². The van der Waals surface area contributed by atoms with Gasteiger partial charge in [-0.15, -0.1) is 0 Å². The van der Waals surface area contributed by atoms with E-state index in [0.29, 0.717) is 11.6 Å². The molecule has 0 saturated heterocycles. The van der Waals surface area contributed by atoms with Crippen LogP contribution >= 0.6 is 0 Å². The molecule has 1 unspecified atom stereocenters. The number of para-hydroxylation sites is 1. The number of hydrogen-bond acceptors (Lipinski definition) is 2. The molecule has 102 valence electrons. The SMILES string of the molecule is CC1CCc2ccccc2N1c1cccc(C(=O)O)c1. The number of aryl methyl sites for hydroxylation is 1. The van der Waals surface area contributed by atoms with Gasteiger partial charge in [-0.1, -0.05) is 24.3 Å². The first kappa shape index (κ1) is 12.7. The zero-order chi connectivity index (χ0) is 14.1. The number of rotatable bonds is 2. The van der Waals surface area contributed by atoms with Crippen molar-refractivity contribution in [3.05, 3.63) is 59.7 Å².